The number of Topliss-reactive ketones (excluding diaryl/α,β-unsaturated/α-hetero) is 1. The third-order valence-electron chi connectivity index (χ3n) is 6.11. The number of amides is 1. The average molecular weight is 479 g/mol. The molecule has 1 amide bonds. The van der Waals surface area contributed by atoms with Crippen molar-refractivity contribution in [3.8, 4) is 5.88 Å². The van der Waals surface area contributed by atoms with Gasteiger partial charge in [-0.1, -0.05) is 6.92 Å². The molecule has 0 atom stereocenters. The Balaban J connectivity index is 1.76. The number of hydrogen-bond acceptors (Lipinski definition) is 6. The van der Waals surface area contributed by atoms with E-state index < -0.39 is 44.0 Å². The standard InChI is InChI=1S/C23H24F2N2O5S/c1-5-32-20-8-18(16(25)10-26-20)27-17-7-15(24)13(6-14(17)22(2,3)21(27)29)19(28)9-23(4)11-33(30,31)12-23/h6-8,10H,5,9,11-12H2,1-4H3. The molecule has 1 fully saturated rings. The van der Waals surface area contributed by atoms with Gasteiger partial charge < -0.3 is 4.74 Å². The second-order valence-corrected chi connectivity index (χ2v) is 11.5. The van der Waals surface area contributed by atoms with Gasteiger partial charge in [-0.05, 0) is 38.5 Å². The van der Waals surface area contributed by atoms with Gasteiger partial charge in [0, 0.05) is 17.9 Å². The molecule has 10 heteroatoms. The van der Waals surface area contributed by atoms with E-state index in [0.717, 1.165) is 17.2 Å². The molecule has 3 heterocycles. The fraction of sp³-hybridized carbons (Fsp3) is 0.435. The van der Waals surface area contributed by atoms with E-state index in [1.54, 1.807) is 27.7 Å². The first-order chi connectivity index (χ1) is 15.3. The lowest BCUT2D eigenvalue weighted by molar-refractivity contribution is -0.121. The number of sulfone groups is 1. The van der Waals surface area contributed by atoms with E-state index >= 15 is 4.39 Å². The van der Waals surface area contributed by atoms with Crippen molar-refractivity contribution in [3.05, 3.63) is 47.2 Å². The van der Waals surface area contributed by atoms with Crippen LogP contribution in [0.1, 0.15) is 50.0 Å². The minimum absolute atomic E-state index is 0.115. The van der Waals surface area contributed by atoms with E-state index in [4.69, 9.17) is 4.74 Å². The lowest BCUT2D eigenvalue weighted by Crippen LogP contribution is -2.47. The summed E-state index contributed by atoms with van der Waals surface area (Å²) in [4.78, 5) is 31.1. The number of carbonyl (C=O) groups is 2. The van der Waals surface area contributed by atoms with E-state index in [2.05, 4.69) is 4.98 Å². The molecule has 0 radical (unpaired) electrons. The van der Waals surface area contributed by atoms with Gasteiger partial charge in [0.2, 0.25) is 11.8 Å². The number of carbonyl (C=O) groups excluding carboxylic acids is 2. The van der Waals surface area contributed by atoms with E-state index in [1.807, 2.05) is 0 Å². The minimum Gasteiger partial charge on any atom is -0.478 e. The van der Waals surface area contributed by atoms with Crippen molar-refractivity contribution < 1.29 is 31.5 Å². The number of rotatable bonds is 6. The summed E-state index contributed by atoms with van der Waals surface area (Å²) in [6, 6.07) is 3.65. The first-order valence-corrected chi connectivity index (χ1v) is 12.3. The van der Waals surface area contributed by atoms with Gasteiger partial charge >= 0.3 is 0 Å². The Hall–Kier alpha value is -2.88. The minimum atomic E-state index is -3.16. The van der Waals surface area contributed by atoms with Crippen LogP contribution in [0.15, 0.2) is 24.4 Å². The van der Waals surface area contributed by atoms with Crippen molar-refractivity contribution in [1.29, 1.82) is 0 Å². The number of halogens is 2. The zero-order valence-electron chi connectivity index (χ0n) is 18.7. The number of nitrogens with zero attached hydrogens (tertiary/aromatic N) is 2. The number of hydrogen-bond donors (Lipinski definition) is 0. The molecule has 1 aromatic heterocycles. The number of ketones is 1. The fourth-order valence-corrected chi connectivity index (χ4v) is 6.86. The van der Waals surface area contributed by atoms with E-state index in [1.165, 1.54) is 12.1 Å². The molecule has 7 nitrogen and oxygen atoms in total. The zero-order valence-corrected chi connectivity index (χ0v) is 19.6. The number of fused-ring (bicyclic) bond motifs is 1. The van der Waals surface area contributed by atoms with E-state index in [9.17, 15) is 22.4 Å². The van der Waals surface area contributed by atoms with Gasteiger partial charge in [0.15, 0.2) is 21.4 Å². The van der Waals surface area contributed by atoms with Crippen molar-refractivity contribution in [2.75, 3.05) is 23.0 Å². The number of aromatic nitrogens is 1. The monoisotopic (exact) mass is 478 g/mol. The van der Waals surface area contributed by atoms with Gasteiger partial charge in [0.25, 0.3) is 0 Å². The first-order valence-electron chi connectivity index (χ1n) is 10.5. The molecule has 1 aromatic carbocycles. The Labute approximate surface area is 190 Å². The lowest BCUT2D eigenvalue weighted by Gasteiger charge is -2.37. The Morgan fingerprint density at radius 2 is 1.79 bits per heavy atom. The van der Waals surface area contributed by atoms with Gasteiger partial charge in [-0.2, -0.15) is 0 Å². The molecule has 33 heavy (non-hydrogen) atoms. The van der Waals surface area contributed by atoms with Crippen LogP contribution in [-0.4, -0.2) is 43.2 Å². The van der Waals surface area contributed by atoms with Crippen LogP contribution in [0.3, 0.4) is 0 Å². The van der Waals surface area contributed by atoms with Crippen LogP contribution in [0, 0.1) is 17.0 Å². The van der Waals surface area contributed by atoms with Gasteiger partial charge in [0.05, 0.1) is 46.7 Å². The third kappa shape index (κ3) is 3.90. The summed E-state index contributed by atoms with van der Waals surface area (Å²) in [5, 5.41) is 0. The Morgan fingerprint density at radius 3 is 2.39 bits per heavy atom. The highest BCUT2D eigenvalue weighted by Crippen LogP contribution is 2.47. The molecule has 0 bridgehead atoms. The summed E-state index contributed by atoms with van der Waals surface area (Å²) in [5.74, 6) is -2.81. The van der Waals surface area contributed by atoms with Crippen LogP contribution in [0.5, 0.6) is 5.88 Å². The molecule has 176 valence electrons. The largest absolute Gasteiger partial charge is 0.478 e. The molecule has 0 saturated carbocycles. The van der Waals surface area contributed by atoms with E-state index in [-0.39, 0.29) is 47.4 Å². The third-order valence-corrected chi connectivity index (χ3v) is 8.38. The number of benzene rings is 1. The summed E-state index contributed by atoms with van der Waals surface area (Å²) < 4.78 is 58.2. The molecular weight excluding hydrogens is 454 g/mol. The van der Waals surface area contributed by atoms with Crippen molar-refractivity contribution >= 4 is 32.9 Å². The quantitative estimate of drug-likeness (QED) is 0.588. The second kappa shape index (κ2) is 7.58. The maximum atomic E-state index is 15.1. The molecule has 2 aromatic rings. The zero-order chi connectivity index (χ0) is 24.3. The number of pyridine rings is 1. The van der Waals surface area contributed by atoms with Crippen LogP contribution in [-0.2, 0) is 20.0 Å². The fourth-order valence-electron chi connectivity index (χ4n) is 4.62. The second-order valence-electron chi connectivity index (χ2n) is 9.46. The normalized spacial score (nSPS) is 19.7. The number of ether oxygens (including phenoxy) is 1. The topological polar surface area (TPSA) is 93.6 Å². The summed E-state index contributed by atoms with van der Waals surface area (Å²) in [5.41, 5.74) is -1.75. The predicted molar refractivity (Wildman–Crippen MR) is 118 cm³/mol. The summed E-state index contributed by atoms with van der Waals surface area (Å²) in [7, 11) is -3.16. The van der Waals surface area contributed by atoms with Gasteiger partial charge in [-0.3, -0.25) is 14.5 Å². The Morgan fingerprint density at radius 1 is 1.12 bits per heavy atom. The molecule has 4 rings (SSSR count). The average Bonchev–Trinajstić information content (AvgIpc) is 2.86. The van der Waals surface area contributed by atoms with Crippen molar-refractivity contribution in [3.63, 3.8) is 0 Å². The smallest absolute Gasteiger partial charge is 0.241 e. The van der Waals surface area contributed by atoms with Gasteiger partial charge in [0.1, 0.15) is 5.82 Å². The highest BCUT2D eigenvalue weighted by Gasteiger charge is 2.48. The SMILES string of the molecule is CCOc1cc(N2C(=O)C(C)(C)c3cc(C(=O)CC4(C)CS(=O)(=O)C4)c(F)cc32)c(F)cn1. The Bertz CT molecular complexity index is 1280. The van der Waals surface area contributed by atoms with Crippen LogP contribution in [0.4, 0.5) is 20.2 Å². The van der Waals surface area contributed by atoms with Crippen LogP contribution >= 0.6 is 0 Å². The maximum Gasteiger partial charge on any atom is 0.241 e. The summed E-state index contributed by atoms with van der Waals surface area (Å²) in [6.45, 7) is 6.92. The lowest BCUT2D eigenvalue weighted by atomic mass is 9.82. The van der Waals surface area contributed by atoms with Gasteiger partial charge in [-0.15, -0.1) is 0 Å². The Kier molecular flexibility index (Phi) is 5.35. The molecular formula is C23H24F2N2O5S. The van der Waals surface area contributed by atoms with Crippen LogP contribution in [0.2, 0.25) is 0 Å². The van der Waals surface area contributed by atoms with Crippen molar-refractivity contribution in [1.82, 2.24) is 4.98 Å². The molecule has 0 N–H and O–H groups in total. The highest BCUT2D eigenvalue weighted by atomic mass is 32.2. The molecule has 2 aliphatic rings. The molecule has 2 aliphatic heterocycles. The molecule has 0 spiro atoms. The highest BCUT2D eigenvalue weighted by molar-refractivity contribution is 7.92. The number of anilines is 2. The molecule has 1 saturated heterocycles. The summed E-state index contributed by atoms with van der Waals surface area (Å²) in [6.07, 6.45) is 0.803. The van der Waals surface area contributed by atoms with Crippen LogP contribution in [0.25, 0.3) is 0 Å². The summed E-state index contributed by atoms with van der Waals surface area (Å²) >= 11 is 0. The molecule has 0 aliphatic carbocycles. The van der Waals surface area contributed by atoms with Crippen molar-refractivity contribution in [2.45, 2.75) is 39.5 Å². The van der Waals surface area contributed by atoms with E-state index in [0.29, 0.717) is 5.56 Å². The molecule has 0 unspecified atom stereocenters. The van der Waals surface area contributed by atoms with Crippen LogP contribution < -0.4 is 9.64 Å². The first kappa shape index (κ1) is 23.3. The maximum absolute atomic E-state index is 15.1. The van der Waals surface area contributed by atoms with Gasteiger partial charge in [-0.25, -0.2) is 22.2 Å². The predicted octanol–water partition coefficient (Wildman–Crippen LogP) is 3.72. The van der Waals surface area contributed by atoms with Crippen molar-refractivity contribution in [2.24, 2.45) is 5.41 Å².